The van der Waals surface area contributed by atoms with Crippen molar-refractivity contribution in [3.05, 3.63) is 63.7 Å². The summed E-state index contributed by atoms with van der Waals surface area (Å²) in [6.07, 6.45) is 0.579. The lowest BCUT2D eigenvalue weighted by Crippen LogP contribution is -2.20. The summed E-state index contributed by atoms with van der Waals surface area (Å²) in [5.41, 5.74) is 4.11. The molecule has 0 fully saturated rings. The van der Waals surface area contributed by atoms with E-state index in [1.54, 1.807) is 26.4 Å². The van der Waals surface area contributed by atoms with Crippen molar-refractivity contribution >= 4 is 17.3 Å². The van der Waals surface area contributed by atoms with Crippen molar-refractivity contribution in [2.75, 3.05) is 14.2 Å². The minimum atomic E-state index is -0.522. The Morgan fingerprint density at radius 3 is 2.23 bits per heavy atom. The average molecular weight is 357 g/mol. The lowest BCUT2D eigenvalue weighted by molar-refractivity contribution is -0.384. The van der Waals surface area contributed by atoms with Gasteiger partial charge in [-0.25, -0.2) is 5.43 Å². The Bertz CT molecular complexity index is 831. The molecule has 1 amide bonds. The summed E-state index contributed by atoms with van der Waals surface area (Å²) in [5, 5.41) is 14.8. The van der Waals surface area contributed by atoms with E-state index in [2.05, 4.69) is 10.5 Å². The quantitative estimate of drug-likeness (QED) is 0.466. The Labute approximate surface area is 150 Å². The molecule has 0 aliphatic rings. The molecule has 8 nitrogen and oxygen atoms in total. The predicted molar refractivity (Wildman–Crippen MR) is 96.9 cm³/mol. The van der Waals surface area contributed by atoms with Crippen molar-refractivity contribution < 1.29 is 19.2 Å². The van der Waals surface area contributed by atoms with Crippen molar-refractivity contribution in [2.45, 2.75) is 13.3 Å². The van der Waals surface area contributed by atoms with Gasteiger partial charge in [-0.05, 0) is 36.8 Å². The predicted octanol–water partition coefficient (Wildman–Crippen LogP) is 3.16. The van der Waals surface area contributed by atoms with E-state index >= 15 is 0 Å². The third kappa shape index (κ3) is 4.35. The highest BCUT2D eigenvalue weighted by Crippen LogP contribution is 2.28. The number of rotatable bonds is 7. The number of non-ortho nitro benzene ring substituents is 1. The molecule has 26 heavy (non-hydrogen) atoms. The van der Waals surface area contributed by atoms with Gasteiger partial charge in [0.2, 0.25) is 0 Å². The molecule has 0 unspecified atom stereocenters. The Kier molecular flexibility index (Phi) is 6.26. The first-order valence-electron chi connectivity index (χ1n) is 7.83. The number of carbonyl (C=O) groups is 1. The Morgan fingerprint density at radius 1 is 1.08 bits per heavy atom. The zero-order valence-electron chi connectivity index (χ0n) is 14.7. The second-order valence-corrected chi connectivity index (χ2v) is 5.23. The van der Waals surface area contributed by atoms with E-state index in [1.807, 2.05) is 13.0 Å². The molecule has 136 valence electrons. The number of nitrogens with zero attached hydrogens (tertiary/aromatic N) is 2. The van der Waals surface area contributed by atoms with Crippen molar-refractivity contribution in [3.63, 3.8) is 0 Å². The van der Waals surface area contributed by atoms with Crippen LogP contribution in [0.2, 0.25) is 0 Å². The second kappa shape index (κ2) is 8.61. The molecule has 0 aliphatic heterocycles. The molecule has 0 aliphatic carbocycles. The Morgan fingerprint density at radius 2 is 1.69 bits per heavy atom. The van der Waals surface area contributed by atoms with E-state index in [1.165, 1.54) is 24.3 Å². The number of benzene rings is 2. The number of hydrogen-bond donors (Lipinski definition) is 1. The van der Waals surface area contributed by atoms with Crippen LogP contribution in [-0.2, 0) is 0 Å². The van der Waals surface area contributed by atoms with Crippen LogP contribution in [0.15, 0.2) is 47.6 Å². The highest BCUT2D eigenvalue weighted by atomic mass is 16.6. The third-order valence-corrected chi connectivity index (χ3v) is 3.68. The molecule has 0 atom stereocenters. The topological polar surface area (TPSA) is 103 Å². The number of carbonyl (C=O) groups excluding carboxylic acids is 1. The maximum Gasteiger partial charge on any atom is 0.271 e. The average Bonchev–Trinajstić information content (AvgIpc) is 2.68. The van der Waals surface area contributed by atoms with Gasteiger partial charge >= 0.3 is 0 Å². The normalized spacial score (nSPS) is 11.0. The molecular formula is C18H19N3O5. The molecule has 0 saturated heterocycles. The fourth-order valence-corrected chi connectivity index (χ4v) is 2.28. The first kappa shape index (κ1) is 18.9. The number of methoxy groups -OCH3 is 2. The van der Waals surface area contributed by atoms with Crippen molar-refractivity contribution in [1.82, 2.24) is 5.43 Å². The van der Waals surface area contributed by atoms with E-state index in [-0.39, 0.29) is 11.3 Å². The van der Waals surface area contributed by atoms with Crippen LogP contribution in [0.1, 0.15) is 29.3 Å². The van der Waals surface area contributed by atoms with Crippen LogP contribution in [0, 0.1) is 10.1 Å². The summed E-state index contributed by atoms with van der Waals surface area (Å²) in [5.74, 6) is 0.709. The van der Waals surface area contributed by atoms with E-state index in [0.29, 0.717) is 23.6 Å². The van der Waals surface area contributed by atoms with Crippen LogP contribution in [0.3, 0.4) is 0 Å². The van der Waals surface area contributed by atoms with Crippen molar-refractivity contribution in [2.24, 2.45) is 5.10 Å². The number of hydrazone groups is 1. The number of ether oxygens (including phenoxy) is 2. The number of nitrogens with one attached hydrogen (secondary N) is 1. The molecule has 1 N–H and O–H groups in total. The van der Waals surface area contributed by atoms with Gasteiger partial charge in [0.25, 0.3) is 11.6 Å². The number of hydrogen-bond acceptors (Lipinski definition) is 6. The van der Waals surface area contributed by atoms with Gasteiger partial charge in [-0.1, -0.05) is 6.92 Å². The SMILES string of the molecule is CC/C(=N/NC(=O)c1ccc([N+](=O)[O-])cc1)c1ccc(OC)c(OC)c1. The zero-order chi connectivity index (χ0) is 19.1. The molecule has 0 saturated carbocycles. The number of nitro groups is 1. The standard InChI is InChI=1S/C18H19N3O5/c1-4-15(13-7-10-16(25-2)17(11-13)26-3)19-20-18(22)12-5-8-14(9-6-12)21(23)24/h5-11H,4H2,1-3H3,(H,20,22)/b19-15-. The van der Waals surface area contributed by atoms with Gasteiger partial charge in [-0.2, -0.15) is 5.10 Å². The van der Waals surface area contributed by atoms with Crippen LogP contribution >= 0.6 is 0 Å². The first-order valence-corrected chi connectivity index (χ1v) is 7.83. The van der Waals surface area contributed by atoms with Gasteiger partial charge in [0.05, 0.1) is 24.9 Å². The fraction of sp³-hybridized carbons (Fsp3) is 0.222. The summed E-state index contributed by atoms with van der Waals surface area (Å²) < 4.78 is 10.5. The highest BCUT2D eigenvalue weighted by molar-refractivity contribution is 6.02. The largest absolute Gasteiger partial charge is 0.493 e. The summed E-state index contributed by atoms with van der Waals surface area (Å²) in [7, 11) is 3.09. The minimum absolute atomic E-state index is 0.0790. The molecule has 2 aromatic rings. The lowest BCUT2D eigenvalue weighted by atomic mass is 10.1. The zero-order valence-corrected chi connectivity index (χ0v) is 14.7. The molecule has 0 radical (unpaired) electrons. The molecule has 8 heteroatoms. The minimum Gasteiger partial charge on any atom is -0.493 e. The van der Waals surface area contributed by atoms with Crippen LogP contribution in [0.5, 0.6) is 11.5 Å². The summed E-state index contributed by atoms with van der Waals surface area (Å²) in [6.45, 7) is 1.91. The molecule has 0 heterocycles. The van der Waals surface area contributed by atoms with Gasteiger partial charge in [0, 0.05) is 23.3 Å². The Balaban J connectivity index is 2.18. The van der Waals surface area contributed by atoms with E-state index < -0.39 is 10.8 Å². The van der Waals surface area contributed by atoms with Gasteiger partial charge in [-0.3, -0.25) is 14.9 Å². The van der Waals surface area contributed by atoms with Crippen LogP contribution in [0.25, 0.3) is 0 Å². The Hall–Kier alpha value is -3.42. The van der Waals surface area contributed by atoms with E-state index in [0.717, 1.165) is 5.56 Å². The molecule has 2 aromatic carbocycles. The smallest absolute Gasteiger partial charge is 0.271 e. The van der Waals surface area contributed by atoms with Crippen LogP contribution in [-0.4, -0.2) is 30.8 Å². The summed E-state index contributed by atoms with van der Waals surface area (Å²) in [4.78, 5) is 22.3. The van der Waals surface area contributed by atoms with Crippen molar-refractivity contribution in [1.29, 1.82) is 0 Å². The maximum atomic E-state index is 12.2. The van der Waals surface area contributed by atoms with E-state index in [4.69, 9.17) is 9.47 Å². The maximum absolute atomic E-state index is 12.2. The van der Waals surface area contributed by atoms with Gasteiger partial charge in [0.1, 0.15) is 0 Å². The number of nitro benzene ring substituents is 1. The summed E-state index contributed by atoms with van der Waals surface area (Å²) >= 11 is 0. The second-order valence-electron chi connectivity index (χ2n) is 5.23. The van der Waals surface area contributed by atoms with Gasteiger partial charge in [-0.15, -0.1) is 0 Å². The van der Waals surface area contributed by atoms with E-state index in [9.17, 15) is 14.9 Å². The third-order valence-electron chi connectivity index (χ3n) is 3.68. The van der Waals surface area contributed by atoms with Crippen LogP contribution < -0.4 is 14.9 Å². The molecule has 0 aromatic heterocycles. The van der Waals surface area contributed by atoms with Gasteiger partial charge in [0.15, 0.2) is 11.5 Å². The molecule has 0 spiro atoms. The fourth-order valence-electron chi connectivity index (χ4n) is 2.28. The number of amides is 1. The lowest BCUT2D eigenvalue weighted by Gasteiger charge is -2.10. The molecule has 2 rings (SSSR count). The molecule has 0 bridgehead atoms. The first-order chi connectivity index (χ1) is 12.5. The monoisotopic (exact) mass is 357 g/mol. The summed E-state index contributed by atoms with van der Waals surface area (Å²) in [6, 6.07) is 10.7. The van der Waals surface area contributed by atoms with Crippen molar-refractivity contribution in [3.8, 4) is 11.5 Å². The van der Waals surface area contributed by atoms with Crippen LogP contribution in [0.4, 0.5) is 5.69 Å². The molecular weight excluding hydrogens is 338 g/mol. The highest BCUT2D eigenvalue weighted by Gasteiger charge is 2.11. The van der Waals surface area contributed by atoms with Gasteiger partial charge < -0.3 is 9.47 Å².